The molecule has 18 heavy (non-hydrogen) atoms. The summed E-state index contributed by atoms with van der Waals surface area (Å²) in [5, 5.41) is 8.83. The van der Waals surface area contributed by atoms with Crippen LogP contribution in [0.1, 0.15) is 19.3 Å². The monoisotopic (exact) mass is 274 g/mol. The van der Waals surface area contributed by atoms with E-state index < -0.39 is 16.8 Å². The molecule has 1 N–H and O–H groups in total. The van der Waals surface area contributed by atoms with E-state index in [9.17, 15) is 13.8 Å². The number of rotatable bonds is 2. The van der Waals surface area contributed by atoms with Gasteiger partial charge < -0.3 is 14.9 Å². The number of carboxylic acids is 1. The first-order valence-electron chi connectivity index (χ1n) is 6.20. The van der Waals surface area contributed by atoms with Gasteiger partial charge in [0.25, 0.3) is 0 Å². The number of hydrogen-bond acceptors (Lipinski definition) is 3. The summed E-state index contributed by atoms with van der Waals surface area (Å²) in [6.07, 6.45) is 1.65. The van der Waals surface area contributed by atoms with Gasteiger partial charge in [-0.15, -0.1) is 0 Å². The second-order valence-corrected chi connectivity index (χ2v) is 6.40. The smallest absolute Gasteiger partial charge is 0.320 e. The molecule has 1 unspecified atom stereocenters. The first-order chi connectivity index (χ1) is 8.58. The predicted molar refractivity (Wildman–Crippen MR) is 66.8 cm³/mol. The van der Waals surface area contributed by atoms with Gasteiger partial charge in [0.15, 0.2) is 0 Å². The van der Waals surface area contributed by atoms with Gasteiger partial charge in [-0.1, -0.05) is 0 Å². The maximum atomic E-state index is 12.3. The summed E-state index contributed by atoms with van der Waals surface area (Å²) >= 11 is 0. The van der Waals surface area contributed by atoms with E-state index in [-0.39, 0.29) is 18.5 Å². The molecule has 7 heteroatoms. The van der Waals surface area contributed by atoms with Gasteiger partial charge in [-0.05, 0) is 12.8 Å². The maximum absolute atomic E-state index is 12.3. The van der Waals surface area contributed by atoms with Gasteiger partial charge in [0.1, 0.15) is 0 Å². The summed E-state index contributed by atoms with van der Waals surface area (Å²) < 4.78 is 11.2. The van der Waals surface area contributed by atoms with Crippen LogP contribution in [-0.2, 0) is 15.6 Å². The number of carbonyl (C=O) groups excluding carboxylic acids is 1. The zero-order valence-electron chi connectivity index (χ0n) is 10.2. The molecule has 2 fully saturated rings. The van der Waals surface area contributed by atoms with Gasteiger partial charge in [-0.25, -0.2) is 4.79 Å². The quantitative estimate of drug-likeness (QED) is 0.775. The third-order valence-corrected chi connectivity index (χ3v) is 4.76. The van der Waals surface area contributed by atoms with Crippen LogP contribution in [0.4, 0.5) is 4.79 Å². The molecular weight excluding hydrogens is 256 g/mol. The van der Waals surface area contributed by atoms with Crippen molar-refractivity contribution in [3.8, 4) is 0 Å². The maximum Gasteiger partial charge on any atom is 0.320 e. The van der Waals surface area contributed by atoms with E-state index in [0.29, 0.717) is 31.1 Å². The van der Waals surface area contributed by atoms with Crippen molar-refractivity contribution in [2.45, 2.75) is 25.3 Å². The van der Waals surface area contributed by atoms with Crippen molar-refractivity contribution in [3.63, 3.8) is 0 Å². The van der Waals surface area contributed by atoms with Gasteiger partial charge in [0.05, 0.1) is 6.42 Å². The molecule has 2 aliphatic rings. The Bertz CT molecular complexity index is 364. The molecule has 2 rings (SSSR count). The molecule has 0 aromatic carbocycles. The number of urea groups is 1. The number of aliphatic carboxylic acids is 1. The second kappa shape index (κ2) is 5.69. The Morgan fingerprint density at radius 1 is 1.22 bits per heavy atom. The molecular formula is C11H18N2O4S. The van der Waals surface area contributed by atoms with Crippen LogP contribution in [0.15, 0.2) is 0 Å². The highest BCUT2D eigenvalue weighted by atomic mass is 32.2. The lowest BCUT2D eigenvalue weighted by molar-refractivity contribution is -0.138. The average molecular weight is 274 g/mol. The minimum atomic E-state index is -0.862. The minimum Gasteiger partial charge on any atom is -0.481 e. The highest BCUT2D eigenvalue weighted by Crippen LogP contribution is 2.22. The number of nitrogens with zero attached hydrogens (tertiary/aromatic N) is 2. The van der Waals surface area contributed by atoms with Crippen molar-refractivity contribution in [3.05, 3.63) is 0 Å². The summed E-state index contributed by atoms with van der Waals surface area (Å²) in [5.74, 6) is 0.200. The third kappa shape index (κ3) is 3.01. The van der Waals surface area contributed by atoms with E-state index in [1.807, 2.05) is 0 Å². The summed E-state index contributed by atoms with van der Waals surface area (Å²) in [5.41, 5.74) is 0. The van der Waals surface area contributed by atoms with Crippen LogP contribution in [-0.4, -0.2) is 68.3 Å². The van der Waals surface area contributed by atoms with Gasteiger partial charge in [-0.3, -0.25) is 9.00 Å². The third-order valence-electron chi connectivity index (χ3n) is 3.48. The summed E-state index contributed by atoms with van der Waals surface area (Å²) in [6.45, 7) is 1.67. The Morgan fingerprint density at radius 3 is 2.50 bits per heavy atom. The molecule has 1 atom stereocenters. The van der Waals surface area contributed by atoms with Crippen LogP contribution >= 0.6 is 0 Å². The van der Waals surface area contributed by atoms with E-state index in [2.05, 4.69) is 0 Å². The topological polar surface area (TPSA) is 77.9 Å². The minimum absolute atomic E-state index is 0.0194. The number of likely N-dealkylation sites (tertiary alicyclic amines) is 1. The van der Waals surface area contributed by atoms with Crippen molar-refractivity contribution in [2.75, 3.05) is 31.1 Å². The molecule has 0 saturated carbocycles. The Labute approximate surface area is 108 Å². The lowest BCUT2D eigenvalue weighted by atomic mass is 10.1. The molecule has 2 amide bonds. The average Bonchev–Trinajstić information content (AvgIpc) is 2.76. The molecule has 0 bridgehead atoms. The van der Waals surface area contributed by atoms with Crippen LogP contribution in [0.25, 0.3) is 0 Å². The Morgan fingerprint density at radius 2 is 1.89 bits per heavy atom. The molecule has 0 aromatic rings. The fraction of sp³-hybridized carbons (Fsp3) is 0.818. The summed E-state index contributed by atoms with van der Waals surface area (Å²) in [7, 11) is -0.803. The van der Waals surface area contributed by atoms with E-state index in [4.69, 9.17) is 5.11 Å². The number of amides is 2. The van der Waals surface area contributed by atoms with Gasteiger partial charge in [0, 0.05) is 48.0 Å². The van der Waals surface area contributed by atoms with Crippen LogP contribution in [0, 0.1) is 0 Å². The lowest BCUT2D eigenvalue weighted by Gasteiger charge is -2.33. The van der Waals surface area contributed by atoms with Crippen molar-refractivity contribution in [1.29, 1.82) is 0 Å². The van der Waals surface area contributed by atoms with Crippen molar-refractivity contribution < 1.29 is 18.9 Å². The normalized spacial score (nSPS) is 25.4. The first kappa shape index (κ1) is 13.3. The van der Waals surface area contributed by atoms with E-state index >= 15 is 0 Å². The fourth-order valence-electron chi connectivity index (χ4n) is 2.51. The van der Waals surface area contributed by atoms with Crippen LogP contribution in [0.3, 0.4) is 0 Å². The molecule has 0 aliphatic carbocycles. The Balaban J connectivity index is 1.95. The van der Waals surface area contributed by atoms with Crippen molar-refractivity contribution in [1.82, 2.24) is 9.80 Å². The van der Waals surface area contributed by atoms with Gasteiger partial charge in [-0.2, -0.15) is 0 Å². The predicted octanol–water partition coefficient (Wildman–Crippen LogP) is 0.110. The van der Waals surface area contributed by atoms with Crippen molar-refractivity contribution >= 4 is 22.8 Å². The van der Waals surface area contributed by atoms with E-state index in [1.165, 1.54) is 0 Å². The van der Waals surface area contributed by atoms with Crippen LogP contribution in [0.5, 0.6) is 0 Å². The largest absolute Gasteiger partial charge is 0.481 e. The zero-order valence-corrected chi connectivity index (χ0v) is 11.0. The SMILES string of the molecule is O=C(O)CC1CCCN1C(=O)N1CCS(=O)CC1. The molecule has 2 heterocycles. The molecule has 102 valence electrons. The molecule has 2 saturated heterocycles. The highest BCUT2D eigenvalue weighted by Gasteiger charge is 2.33. The highest BCUT2D eigenvalue weighted by molar-refractivity contribution is 7.85. The fourth-order valence-corrected chi connectivity index (χ4v) is 3.56. The molecule has 0 aromatic heterocycles. The van der Waals surface area contributed by atoms with Crippen LogP contribution in [0.2, 0.25) is 0 Å². The second-order valence-electron chi connectivity index (χ2n) is 4.71. The molecule has 6 nitrogen and oxygen atoms in total. The van der Waals surface area contributed by atoms with Gasteiger partial charge >= 0.3 is 12.0 Å². The van der Waals surface area contributed by atoms with E-state index in [1.54, 1.807) is 9.80 Å². The Hall–Kier alpha value is -1.11. The molecule has 2 aliphatic heterocycles. The zero-order chi connectivity index (χ0) is 13.1. The molecule has 0 radical (unpaired) electrons. The lowest BCUT2D eigenvalue weighted by Crippen LogP contribution is -2.50. The van der Waals surface area contributed by atoms with Gasteiger partial charge in [0.2, 0.25) is 0 Å². The summed E-state index contributed by atoms with van der Waals surface area (Å²) in [4.78, 5) is 26.4. The van der Waals surface area contributed by atoms with Crippen molar-refractivity contribution in [2.24, 2.45) is 0 Å². The van der Waals surface area contributed by atoms with E-state index in [0.717, 1.165) is 12.8 Å². The first-order valence-corrected chi connectivity index (χ1v) is 7.69. The Kier molecular flexibility index (Phi) is 4.21. The number of carboxylic acid groups (broad SMARTS) is 1. The summed E-state index contributed by atoms with van der Waals surface area (Å²) in [6, 6.07) is -0.266. The molecule has 0 spiro atoms. The number of carbonyl (C=O) groups is 2. The number of hydrogen-bond donors (Lipinski definition) is 1. The van der Waals surface area contributed by atoms with Crippen LogP contribution < -0.4 is 0 Å². The standard InChI is InChI=1S/C11H18N2O4S/c14-10(15)8-9-2-1-3-13(9)11(16)12-4-6-18(17)7-5-12/h9H,1-8H2,(H,14,15).